The molecule has 0 fully saturated rings. The molecule has 0 saturated heterocycles. The zero-order chi connectivity index (χ0) is 10.5. The van der Waals surface area contributed by atoms with E-state index in [1.165, 1.54) is 11.0 Å². The number of rotatable bonds is 3. The number of carbonyl (C=O) groups is 1. The van der Waals surface area contributed by atoms with E-state index in [1.807, 2.05) is 0 Å². The lowest BCUT2D eigenvalue weighted by Crippen LogP contribution is -2.19. The van der Waals surface area contributed by atoms with E-state index in [2.05, 4.69) is 25.8 Å². The van der Waals surface area contributed by atoms with Gasteiger partial charge in [-0.3, -0.25) is 9.78 Å². The quantitative estimate of drug-likeness (QED) is 0.742. The van der Waals surface area contributed by atoms with Crippen LogP contribution in [0.1, 0.15) is 0 Å². The van der Waals surface area contributed by atoms with Gasteiger partial charge in [-0.1, -0.05) is 0 Å². The summed E-state index contributed by atoms with van der Waals surface area (Å²) in [6.07, 6.45) is 4.58. The molecule has 0 spiro atoms. The van der Waals surface area contributed by atoms with Crippen LogP contribution in [0.25, 0.3) is 0 Å². The molecule has 76 valence electrons. The normalized spacial score (nSPS) is 9.87. The molecule has 0 aliphatic rings. The molecule has 1 N–H and O–H groups in total. The summed E-state index contributed by atoms with van der Waals surface area (Å²) in [5, 5.41) is 13.1. The lowest BCUT2D eigenvalue weighted by atomic mass is 10.4. The number of amides is 1. The molecule has 7 nitrogen and oxygen atoms in total. The van der Waals surface area contributed by atoms with Gasteiger partial charge in [-0.2, -0.15) is 0 Å². The van der Waals surface area contributed by atoms with Crippen molar-refractivity contribution in [2.24, 2.45) is 0 Å². The molecule has 0 saturated carbocycles. The van der Waals surface area contributed by atoms with E-state index < -0.39 is 0 Å². The summed E-state index contributed by atoms with van der Waals surface area (Å²) < 4.78 is 1.34. The fourth-order valence-electron chi connectivity index (χ4n) is 1.04. The minimum Gasteiger partial charge on any atom is -0.323 e. The zero-order valence-electron chi connectivity index (χ0n) is 7.74. The van der Waals surface area contributed by atoms with Gasteiger partial charge in [-0.05, 0) is 22.6 Å². The Kier molecular flexibility index (Phi) is 2.63. The Morgan fingerprint density at radius 3 is 3.13 bits per heavy atom. The van der Waals surface area contributed by atoms with Gasteiger partial charge in [0.25, 0.3) is 0 Å². The van der Waals surface area contributed by atoms with Crippen LogP contribution >= 0.6 is 0 Å². The highest BCUT2D eigenvalue weighted by Crippen LogP contribution is 2.02. The second kappa shape index (κ2) is 4.27. The van der Waals surface area contributed by atoms with Crippen molar-refractivity contribution in [2.75, 3.05) is 5.32 Å². The Bertz CT molecular complexity index is 426. The average Bonchev–Trinajstić information content (AvgIpc) is 2.71. The maximum Gasteiger partial charge on any atom is 0.246 e. The zero-order valence-corrected chi connectivity index (χ0v) is 7.74. The molecule has 0 radical (unpaired) electrons. The lowest BCUT2D eigenvalue weighted by molar-refractivity contribution is -0.116. The minimum atomic E-state index is -0.199. The van der Waals surface area contributed by atoms with Gasteiger partial charge in [-0.25, -0.2) is 4.68 Å². The van der Waals surface area contributed by atoms with E-state index in [9.17, 15) is 4.79 Å². The molecule has 0 atom stereocenters. The molecule has 0 aromatic carbocycles. The molecule has 2 rings (SSSR count). The highest BCUT2D eigenvalue weighted by atomic mass is 16.2. The molecule has 0 aliphatic heterocycles. The number of hydrogen-bond acceptors (Lipinski definition) is 5. The van der Waals surface area contributed by atoms with Gasteiger partial charge in [0.15, 0.2) is 0 Å². The molecule has 7 heteroatoms. The van der Waals surface area contributed by atoms with Gasteiger partial charge in [0.2, 0.25) is 5.91 Å². The number of nitrogens with one attached hydrogen (secondary N) is 1. The minimum absolute atomic E-state index is 0.0852. The third-order valence-corrected chi connectivity index (χ3v) is 1.64. The van der Waals surface area contributed by atoms with Crippen LogP contribution in [-0.4, -0.2) is 31.1 Å². The van der Waals surface area contributed by atoms with Crippen LogP contribution < -0.4 is 5.32 Å². The second-order valence-electron chi connectivity index (χ2n) is 2.80. The summed E-state index contributed by atoms with van der Waals surface area (Å²) in [5.74, 6) is -0.199. The van der Waals surface area contributed by atoms with Crippen molar-refractivity contribution in [2.45, 2.75) is 6.54 Å². The van der Waals surface area contributed by atoms with Crippen molar-refractivity contribution in [3.8, 4) is 0 Å². The van der Waals surface area contributed by atoms with Crippen LogP contribution in [0.2, 0.25) is 0 Å². The molecular weight excluding hydrogens is 196 g/mol. The van der Waals surface area contributed by atoms with E-state index in [4.69, 9.17) is 0 Å². The van der Waals surface area contributed by atoms with E-state index in [1.54, 1.807) is 24.5 Å². The van der Waals surface area contributed by atoms with E-state index in [-0.39, 0.29) is 12.5 Å². The first kappa shape index (κ1) is 9.25. The molecule has 0 bridgehead atoms. The van der Waals surface area contributed by atoms with E-state index in [0.717, 1.165) is 0 Å². The summed E-state index contributed by atoms with van der Waals surface area (Å²) in [4.78, 5) is 15.3. The molecule has 2 aromatic rings. The number of pyridine rings is 1. The molecule has 15 heavy (non-hydrogen) atoms. The topological polar surface area (TPSA) is 85.6 Å². The van der Waals surface area contributed by atoms with Crippen molar-refractivity contribution in [1.29, 1.82) is 0 Å². The fraction of sp³-hybridized carbons (Fsp3) is 0.125. The Morgan fingerprint density at radius 2 is 2.47 bits per heavy atom. The van der Waals surface area contributed by atoms with Gasteiger partial charge in [-0.15, -0.1) is 5.10 Å². The first-order valence-electron chi connectivity index (χ1n) is 4.25. The van der Waals surface area contributed by atoms with Crippen LogP contribution in [0.5, 0.6) is 0 Å². The third-order valence-electron chi connectivity index (χ3n) is 1.64. The standard InChI is InChI=1S/C8H8N6O/c15-8(5-14-6-10-12-13-14)11-7-2-1-3-9-4-7/h1-4,6H,5H2,(H,11,15). The van der Waals surface area contributed by atoms with Gasteiger partial charge in [0.1, 0.15) is 12.9 Å². The van der Waals surface area contributed by atoms with Crippen molar-refractivity contribution in [1.82, 2.24) is 25.2 Å². The maximum atomic E-state index is 11.4. The molecule has 0 aliphatic carbocycles. The Balaban J connectivity index is 1.94. The summed E-state index contributed by atoms with van der Waals surface area (Å²) in [7, 11) is 0. The largest absolute Gasteiger partial charge is 0.323 e. The Labute approximate surface area is 85.1 Å². The van der Waals surface area contributed by atoms with Crippen molar-refractivity contribution in [3.63, 3.8) is 0 Å². The smallest absolute Gasteiger partial charge is 0.246 e. The highest BCUT2D eigenvalue weighted by molar-refractivity contribution is 5.90. The average molecular weight is 204 g/mol. The number of carbonyl (C=O) groups excluding carboxylic acids is 1. The third kappa shape index (κ3) is 2.56. The SMILES string of the molecule is O=C(Cn1cnnn1)Nc1cccnc1. The monoisotopic (exact) mass is 204 g/mol. The summed E-state index contributed by atoms with van der Waals surface area (Å²) in [6.45, 7) is 0.0852. The fourth-order valence-corrected chi connectivity index (χ4v) is 1.04. The second-order valence-corrected chi connectivity index (χ2v) is 2.80. The highest BCUT2D eigenvalue weighted by Gasteiger charge is 2.03. The van der Waals surface area contributed by atoms with Crippen LogP contribution in [0.3, 0.4) is 0 Å². The molecular formula is C8H8N6O. The van der Waals surface area contributed by atoms with E-state index >= 15 is 0 Å². The number of nitrogens with zero attached hydrogens (tertiary/aromatic N) is 5. The maximum absolute atomic E-state index is 11.4. The number of hydrogen-bond donors (Lipinski definition) is 1. The van der Waals surface area contributed by atoms with Crippen LogP contribution in [0.15, 0.2) is 30.9 Å². The van der Waals surface area contributed by atoms with Crippen LogP contribution in [-0.2, 0) is 11.3 Å². The predicted octanol–water partition coefficient (Wildman–Crippen LogP) is -0.293. The van der Waals surface area contributed by atoms with E-state index in [0.29, 0.717) is 5.69 Å². The van der Waals surface area contributed by atoms with Crippen molar-refractivity contribution >= 4 is 11.6 Å². The Morgan fingerprint density at radius 1 is 1.53 bits per heavy atom. The van der Waals surface area contributed by atoms with Crippen molar-refractivity contribution < 1.29 is 4.79 Å². The summed E-state index contributed by atoms with van der Waals surface area (Å²) >= 11 is 0. The molecule has 2 aromatic heterocycles. The molecule has 2 heterocycles. The van der Waals surface area contributed by atoms with Gasteiger partial charge < -0.3 is 5.32 Å². The number of anilines is 1. The first-order chi connectivity index (χ1) is 7.34. The number of tetrazole rings is 1. The van der Waals surface area contributed by atoms with Crippen molar-refractivity contribution in [3.05, 3.63) is 30.9 Å². The lowest BCUT2D eigenvalue weighted by Gasteiger charge is -2.02. The van der Waals surface area contributed by atoms with Gasteiger partial charge in [0.05, 0.1) is 11.9 Å². The summed E-state index contributed by atoms with van der Waals surface area (Å²) in [6, 6.07) is 3.50. The number of aromatic nitrogens is 5. The van der Waals surface area contributed by atoms with Gasteiger partial charge in [0, 0.05) is 6.20 Å². The first-order valence-corrected chi connectivity index (χ1v) is 4.25. The van der Waals surface area contributed by atoms with Crippen LogP contribution in [0, 0.1) is 0 Å². The Hall–Kier alpha value is -2.31. The van der Waals surface area contributed by atoms with Crippen LogP contribution in [0.4, 0.5) is 5.69 Å². The molecule has 1 amide bonds. The summed E-state index contributed by atoms with van der Waals surface area (Å²) in [5.41, 5.74) is 0.649. The molecule has 0 unspecified atom stereocenters. The van der Waals surface area contributed by atoms with Gasteiger partial charge >= 0.3 is 0 Å². The predicted molar refractivity (Wildman–Crippen MR) is 50.7 cm³/mol.